The van der Waals surface area contributed by atoms with Gasteiger partial charge < -0.3 is 16.0 Å². The number of nitrogens with one attached hydrogen (secondary N) is 1. The standard InChI is InChI=1S/C29H34F2N8/c1-37-13-15-38(16-14-37)21-9-11-22(12-10-21)39-29-26(28(32)34-18-35-29)27(36-39)19-5-7-20(8-6-19)33-17-23-24(30)3-2-4-25(23)31/h2-8,18,21-22,33H,9-17H2,1H3,(H2,32,34,35). The normalized spacial score (nSPS) is 20.9. The smallest absolute Gasteiger partial charge is 0.164 e. The number of nitrogen functional groups attached to an aromatic ring is 1. The van der Waals surface area contributed by atoms with Crippen LogP contribution in [0.1, 0.15) is 37.3 Å². The van der Waals surface area contributed by atoms with Crippen LogP contribution in [0.3, 0.4) is 0 Å². The van der Waals surface area contributed by atoms with Gasteiger partial charge in [0.2, 0.25) is 0 Å². The van der Waals surface area contributed by atoms with Crippen LogP contribution in [0.5, 0.6) is 0 Å². The van der Waals surface area contributed by atoms with E-state index in [2.05, 4.69) is 36.8 Å². The van der Waals surface area contributed by atoms with Crippen LogP contribution in [0.2, 0.25) is 0 Å². The first-order valence-corrected chi connectivity index (χ1v) is 13.7. The van der Waals surface area contributed by atoms with Crippen LogP contribution in [-0.2, 0) is 6.54 Å². The van der Waals surface area contributed by atoms with Gasteiger partial charge >= 0.3 is 0 Å². The first kappa shape index (κ1) is 25.6. The monoisotopic (exact) mass is 532 g/mol. The molecule has 2 aliphatic rings. The van der Waals surface area contributed by atoms with E-state index >= 15 is 0 Å². The van der Waals surface area contributed by atoms with Crippen molar-refractivity contribution in [3.05, 3.63) is 66.0 Å². The lowest BCUT2D eigenvalue weighted by molar-refractivity contribution is 0.0815. The number of fused-ring (bicyclic) bond motifs is 1. The lowest BCUT2D eigenvalue weighted by Gasteiger charge is -2.41. The van der Waals surface area contributed by atoms with Gasteiger partial charge in [-0.1, -0.05) is 18.2 Å². The van der Waals surface area contributed by atoms with Crippen molar-refractivity contribution in [2.75, 3.05) is 44.3 Å². The molecule has 4 aromatic rings. The highest BCUT2D eigenvalue weighted by Crippen LogP contribution is 2.37. The molecule has 2 fully saturated rings. The van der Waals surface area contributed by atoms with Crippen molar-refractivity contribution in [3.8, 4) is 11.3 Å². The Morgan fingerprint density at radius 1 is 0.897 bits per heavy atom. The van der Waals surface area contributed by atoms with Crippen molar-refractivity contribution in [2.45, 2.75) is 44.3 Å². The fourth-order valence-corrected chi connectivity index (χ4v) is 5.94. The number of nitrogens with two attached hydrogens (primary N) is 1. The number of nitrogens with zero attached hydrogens (tertiary/aromatic N) is 6. The Morgan fingerprint density at radius 2 is 1.56 bits per heavy atom. The van der Waals surface area contributed by atoms with E-state index < -0.39 is 11.6 Å². The predicted molar refractivity (Wildman–Crippen MR) is 149 cm³/mol. The van der Waals surface area contributed by atoms with Gasteiger partial charge in [-0.25, -0.2) is 23.4 Å². The van der Waals surface area contributed by atoms with E-state index in [4.69, 9.17) is 10.8 Å². The van der Waals surface area contributed by atoms with Gasteiger partial charge in [0.1, 0.15) is 29.5 Å². The van der Waals surface area contributed by atoms with Crippen LogP contribution in [0.4, 0.5) is 20.3 Å². The Bertz CT molecular complexity index is 1420. The van der Waals surface area contributed by atoms with Gasteiger partial charge in [0.05, 0.1) is 11.4 Å². The van der Waals surface area contributed by atoms with Crippen molar-refractivity contribution < 1.29 is 8.78 Å². The molecule has 10 heteroatoms. The SMILES string of the molecule is CN1CCN(C2CCC(n3nc(-c4ccc(NCc5c(F)cccc5F)cc4)c4c(N)ncnc43)CC2)CC1. The Kier molecular flexibility index (Phi) is 7.14. The Hall–Kier alpha value is -3.63. The number of hydrogen-bond acceptors (Lipinski definition) is 7. The minimum Gasteiger partial charge on any atom is -0.383 e. The maximum atomic E-state index is 14.0. The molecule has 3 heterocycles. The molecule has 204 valence electrons. The molecule has 0 bridgehead atoms. The largest absolute Gasteiger partial charge is 0.383 e. The Balaban J connectivity index is 1.20. The third-order valence-electron chi connectivity index (χ3n) is 8.27. The summed E-state index contributed by atoms with van der Waals surface area (Å²) in [6.45, 7) is 4.61. The van der Waals surface area contributed by atoms with Gasteiger partial charge in [0.25, 0.3) is 0 Å². The van der Waals surface area contributed by atoms with Gasteiger partial charge in [-0.15, -0.1) is 0 Å². The number of likely N-dealkylation sites (N-methyl/N-ethyl adjacent to an activating group) is 1. The molecule has 0 atom stereocenters. The maximum Gasteiger partial charge on any atom is 0.164 e. The van der Waals surface area contributed by atoms with E-state index in [1.165, 1.54) is 24.5 Å². The zero-order valence-electron chi connectivity index (χ0n) is 22.2. The number of halogens is 2. The van der Waals surface area contributed by atoms with Gasteiger partial charge in [-0.3, -0.25) is 4.90 Å². The zero-order valence-corrected chi connectivity index (χ0v) is 22.2. The molecule has 0 unspecified atom stereocenters. The van der Waals surface area contributed by atoms with Crippen LogP contribution >= 0.6 is 0 Å². The van der Waals surface area contributed by atoms with Gasteiger partial charge in [0, 0.05) is 55.6 Å². The maximum absolute atomic E-state index is 14.0. The topological polar surface area (TPSA) is 88.1 Å². The lowest BCUT2D eigenvalue weighted by Crippen LogP contribution is -2.49. The van der Waals surface area contributed by atoms with Crippen molar-refractivity contribution in [1.82, 2.24) is 29.5 Å². The molecular formula is C29H34F2N8. The minimum absolute atomic E-state index is 0.0126. The van der Waals surface area contributed by atoms with Crippen LogP contribution in [-0.4, -0.2) is 68.8 Å². The summed E-state index contributed by atoms with van der Waals surface area (Å²) in [5.74, 6) is -0.724. The summed E-state index contributed by atoms with van der Waals surface area (Å²) in [6.07, 6.45) is 5.90. The minimum atomic E-state index is -0.566. The summed E-state index contributed by atoms with van der Waals surface area (Å²) in [5, 5.41) is 8.89. The van der Waals surface area contributed by atoms with Gasteiger partial charge in [-0.05, 0) is 57.0 Å². The average Bonchev–Trinajstić information content (AvgIpc) is 3.35. The molecule has 0 amide bonds. The van der Waals surface area contributed by atoms with Crippen molar-refractivity contribution in [2.24, 2.45) is 0 Å². The quantitative estimate of drug-likeness (QED) is 0.372. The summed E-state index contributed by atoms with van der Waals surface area (Å²) in [4.78, 5) is 13.9. The Labute approximate surface area is 226 Å². The molecule has 6 rings (SSSR count). The lowest BCUT2D eigenvalue weighted by atomic mass is 9.90. The van der Waals surface area contributed by atoms with E-state index in [9.17, 15) is 8.78 Å². The molecule has 2 aromatic carbocycles. The van der Waals surface area contributed by atoms with Gasteiger partial charge in [-0.2, -0.15) is 5.10 Å². The molecule has 0 spiro atoms. The molecule has 1 saturated carbocycles. The molecule has 1 aliphatic heterocycles. The zero-order chi connectivity index (χ0) is 26.9. The number of hydrogen-bond donors (Lipinski definition) is 2. The predicted octanol–water partition coefficient (Wildman–Crippen LogP) is 4.70. The number of aromatic nitrogens is 4. The van der Waals surface area contributed by atoms with Crippen LogP contribution in [0, 0.1) is 11.6 Å². The molecular weight excluding hydrogens is 498 g/mol. The highest BCUT2D eigenvalue weighted by Gasteiger charge is 2.30. The summed E-state index contributed by atoms with van der Waals surface area (Å²) < 4.78 is 30.0. The second-order valence-electron chi connectivity index (χ2n) is 10.7. The number of piperazine rings is 1. The molecule has 39 heavy (non-hydrogen) atoms. The summed E-state index contributed by atoms with van der Waals surface area (Å²) >= 11 is 0. The summed E-state index contributed by atoms with van der Waals surface area (Å²) in [5.41, 5.74) is 9.49. The highest BCUT2D eigenvalue weighted by atomic mass is 19.1. The molecule has 3 N–H and O–H groups in total. The third kappa shape index (κ3) is 5.18. The summed E-state index contributed by atoms with van der Waals surface area (Å²) in [7, 11) is 2.19. The Morgan fingerprint density at radius 3 is 2.26 bits per heavy atom. The van der Waals surface area contributed by atoms with E-state index in [-0.39, 0.29) is 18.2 Å². The van der Waals surface area contributed by atoms with Crippen LogP contribution in [0.15, 0.2) is 48.8 Å². The second kappa shape index (κ2) is 10.9. The molecule has 1 saturated heterocycles. The van der Waals surface area contributed by atoms with Gasteiger partial charge in [0.15, 0.2) is 5.65 Å². The first-order valence-electron chi connectivity index (χ1n) is 13.7. The fraction of sp³-hybridized carbons (Fsp3) is 0.414. The first-order chi connectivity index (χ1) is 19.0. The van der Waals surface area contributed by atoms with Crippen molar-refractivity contribution >= 4 is 22.5 Å². The third-order valence-corrected chi connectivity index (χ3v) is 8.27. The summed E-state index contributed by atoms with van der Waals surface area (Å²) in [6, 6.07) is 12.4. The van der Waals surface area contributed by atoms with Crippen LogP contribution in [0.25, 0.3) is 22.3 Å². The van der Waals surface area contributed by atoms with E-state index in [0.29, 0.717) is 11.9 Å². The van der Waals surface area contributed by atoms with Crippen molar-refractivity contribution in [3.63, 3.8) is 0 Å². The van der Waals surface area contributed by atoms with Crippen molar-refractivity contribution in [1.29, 1.82) is 0 Å². The molecule has 1 aliphatic carbocycles. The highest BCUT2D eigenvalue weighted by molar-refractivity contribution is 5.98. The van der Waals surface area contributed by atoms with E-state index in [1.807, 2.05) is 24.3 Å². The van der Waals surface area contributed by atoms with E-state index in [0.717, 1.165) is 79.8 Å². The second-order valence-corrected chi connectivity index (χ2v) is 10.7. The fourth-order valence-electron chi connectivity index (χ4n) is 5.94. The molecule has 2 aromatic heterocycles. The number of benzene rings is 2. The average molecular weight is 533 g/mol. The van der Waals surface area contributed by atoms with E-state index in [1.54, 1.807) is 0 Å². The van der Waals surface area contributed by atoms with Crippen LogP contribution < -0.4 is 11.1 Å². The number of anilines is 2. The molecule has 0 radical (unpaired) electrons. The number of rotatable bonds is 6. The molecule has 8 nitrogen and oxygen atoms in total.